The van der Waals surface area contributed by atoms with Gasteiger partial charge in [0.25, 0.3) is 0 Å². The maximum absolute atomic E-state index is 12.2. The minimum Gasteiger partial charge on any atom is -0.504 e. The maximum Gasteiger partial charge on any atom is 0.230 e. The fraction of sp³-hybridized carbons (Fsp3) is 0.273. The first-order valence-corrected chi connectivity index (χ1v) is 11.0. The van der Waals surface area contributed by atoms with Crippen molar-refractivity contribution >= 4 is 28.1 Å². The Morgan fingerprint density at radius 3 is 2.36 bits per heavy atom. The van der Waals surface area contributed by atoms with Crippen molar-refractivity contribution in [2.24, 2.45) is 0 Å². The van der Waals surface area contributed by atoms with Crippen LogP contribution in [0.3, 0.4) is 0 Å². The topological polar surface area (TPSA) is 170 Å². The fourth-order valence-electron chi connectivity index (χ4n) is 3.31. The van der Waals surface area contributed by atoms with Crippen molar-refractivity contribution in [2.45, 2.75) is 18.9 Å². The molecule has 33 heavy (non-hydrogen) atoms. The molecule has 1 aromatic heterocycles. The molecule has 0 aliphatic heterocycles. The molecular formula is C22H26N4O6S. The van der Waals surface area contributed by atoms with E-state index >= 15 is 0 Å². The van der Waals surface area contributed by atoms with Gasteiger partial charge < -0.3 is 41.5 Å². The number of nitrogens with zero attached hydrogens (tertiary/aromatic N) is 1. The molecule has 10 nitrogen and oxygen atoms in total. The Bertz CT molecular complexity index is 1080. The third-order valence-corrected chi connectivity index (χ3v) is 5.73. The summed E-state index contributed by atoms with van der Waals surface area (Å²) in [6.07, 6.45) is -0.265. The number of anilines is 2. The van der Waals surface area contributed by atoms with Gasteiger partial charge in [-0.25, -0.2) is 4.98 Å². The van der Waals surface area contributed by atoms with E-state index in [4.69, 9.17) is 10.5 Å². The zero-order valence-electron chi connectivity index (χ0n) is 17.9. The molecule has 1 atom stereocenters. The molecule has 1 unspecified atom stereocenters. The van der Waals surface area contributed by atoms with Gasteiger partial charge in [0.05, 0.1) is 18.2 Å². The van der Waals surface area contributed by atoms with E-state index < -0.39 is 34.6 Å². The Balaban J connectivity index is 1.64. The van der Waals surface area contributed by atoms with E-state index in [-0.39, 0.29) is 24.5 Å². The number of carbonyl (C=O) groups excluding carboxylic acids is 1. The van der Waals surface area contributed by atoms with Crippen LogP contribution in [0.5, 0.6) is 23.0 Å². The second kappa shape index (κ2) is 10.9. The van der Waals surface area contributed by atoms with E-state index in [0.717, 1.165) is 5.56 Å². The van der Waals surface area contributed by atoms with Crippen LogP contribution in [-0.4, -0.2) is 51.5 Å². The standard InChI is InChI=1S/C22H26N4O6S/c1-32-15(12-5-3-2-4-6-12)10-24-8-7-14-18(28)20(30)17(21(31)19(14)29)26-16(27)9-13-11-33-22(23)25-13/h2-6,11,15,24,28-31H,7-10H2,1H3,(H2,23,25)(H,26,27). The number of nitrogens with one attached hydrogen (secondary N) is 2. The Labute approximate surface area is 194 Å². The molecule has 8 N–H and O–H groups in total. The second-order valence-corrected chi connectivity index (χ2v) is 8.13. The molecule has 3 rings (SSSR count). The number of nitrogens with two attached hydrogens (primary N) is 1. The lowest BCUT2D eigenvalue weighted by molar-refractivity contribution is -0.115. The van der Waals surface area contributed by atoms with Crippen molar-refractivity contribution in [3.63, 3.8) is 0 Å². The second-order valence-electron chi connectivity index (χ2n) is 7.24. The monoisotopic (exact) mass is 474 g/mol. The molecule has 0 fully saturated rings. The van der Waals surface area contributed by atoms with Gasteiger partial charge in [0.15, 0.2) is 28.1 Å². The number of hydrogen-bond donors (Lipinski definition) is 7. The predicted octanol–water partition coefficient (Wildman–Crippen LogP) is 2.25. The van der Waals surface area contributed by atoms with E-state index in [2.05, 4.69) is 15.6 Å². The van der Waals surface area contributed by atoms with Gasteiger partial charge in [-0.05, 0) is 18.5 Å². The van der Waals surface area contributed by atoms with Gasteiger partial charge in [-0.2, -0.15) is 0 Å². The molecule has 0 aliphatic rings. The Hall–Kier alpha value is -3.54. The lowest BCUT2D eigenvalue weighted by Crippen LogP contribution is -2.25. The number of amides is 1. The molecule has 1 amide bonds. The number of ether oxygens (including phenoxy) is 1. The summed E-state index contributed by atoms with van der Waals surface area (Å²) < 4.78 is 5.48. The largest absolute Gasteiger partial charge is 0.504 e. The molecule has 0 aliphatic carbocycles. The highest BCUT2D eigenvalue weighted by molar-refractivity contribution is 7.13. The number of aromatic nitrogens is 1. The molecule has 0 radical (unpaired) electrons. The van der Waals surface area contributed by atoms with Gasteiger partial charge in [0, 0.05) is 24.6 Å². The number of benzene rings is 2. The number of methoxy groups -OCH3 is 1. The highest BCUT2D eigenvalue weighted by Gasteiger charge is 2.25. The van der Waals surface area contributed by atoms with Crippen molar-refractivity contribution in [2.75, 3.05) is 31.2 Å². The van der Waals surface area contributed by atoms with Crippen LogP contribution < -0.4 is 16.4 Å². The Morgan fingerprint density at radius 2 is 1.79 bits per heavy atom. The summed E-state index contributed by atoms with van der Waals surface area (Å²) in [7, 11) is 1.60. The number of phenolic OH excluding ortho intramolecular Hbond substituents is 4. The predicted molar refractivity (Wildman–Crippen MR) is 125 cm³/mol. The third-order valence-electron chi connectivity index (χ3n) is 5.01. The lowest BCUT2D eigenvalue weighted by atomic mass is 10.1. The van der Waals surface area contributed by atoms with Gasteiger partial charge in [0.2, 0.25) is 5.91 Å². The lowest BCUT2D eigenvalue weighted by Gasteiger charge is -2.18. The van der Waals surface area contributed by atoms with Gasteiger partial charge in [-0.3, -0.25) is 4.79 Å². The van der Waals surface area contributed by atoms with E-state index in [9.17, 15) is 25.2 Å². The molecule has 0 bridgehead atoms. The SMILES string of the molecule is COC(CNCCc1c(O)c(O)c(NC(=O)Cc2csc(N)n2)c(O)c1O)c1ccccc1. The summed E-state index contributed by atoms with van der Waals surface area (Å²) in [5, 5.41) is 48.7. The molecule has 2 aromatic carbocycles. The summed E-state index contributed by atoms with van der Waals surface area (Å²) in [5.41, 5.74) is 6.39. The number of rotatable bonds is 10. The van der Waals surface area contributed by atoms with Crippen molar-refractivity contribution in [3.05, 3.63) is 52.5 Å². The number of thiazole rings is 1. The minimum atomic E-state index is -0.745. The van der Waals surface area contributed by atoms with Crippen LogP contribution in [0.25, 0.3) is 0 Å². The highest BCUT2D eigenvalue weighted by atomic mass is 32.1. The van der Waals surface area contributed by atoms with Crippen LogP contribution in [0.15, 0.2) is 35.7 Å². The van der Waals surface area contributed by atoms with Gasteiger partial charge in [-0.15, -0.1) is 11.3 Å². The van der Waals surface area contributed by atoms with Gasteiger partial charge in [0.1, 0.15) is 5.69 Å². The summed E-state index contributed by atoms with van der Waals surface area (Å²) in [6, 6.07) is 9.63. The average Bonchev–Trinajstić information content (AvgIpc) is 3.22. The van der Waals surface area contributed by atoms with Crippen molar-refractivity contribution in [3.8, 4) is 23.0 Å². The molecule has 11 heteroatoms. The summed E-state index contributed by atoms with van der Waals surface area (Å²) in [4.78, 5) is 16.2. The Morgan fingerprint density at radius 1 is 1.12 bits per heavy atom. The summed E-state index contributed by atoms with van der Waals surface area (Å²) in [5.74, 6) is -3.38. The quantitative estimate of drug-likeness (QED) is 0.132. The zero-order chi connectivity index (χ0) is 24.0. The summed E-state index contributed by atoms with van der Waals surface area (Å²) >= 11 is 1.17. The number of phenols is 4. The van der Waals surface area contributed by atoms with Crippen LogP contribution in [0.4, 0.5) is 10.8 Å². The maximum atomic E-state index is 12.2. The minimum absolute atomic E-state index is 0.0588. The highest BCUT2D eigenvalue weighted by Crippen LogP contribution is 2.50. The van der Waals surface area contributed by atoms with Crippen molar-refractivity contribution in [1.29, 1.82) is 0 Å². The number of hydrogen-bond acceptors (Lipinski definition) is 10. The van der Waals surface area contributed by atoms with Crippen molar-refractivity contribution in [1.82, 2.24) is 10.3 Å². The van der Waals surface area contributed by atoms with Crippen LogP contribution in [0.2, 0.25) is 0 Å². The molecule has 0 saturated carbocycles. The van der Waals surface area contributed by atoms with Gasteiger partial charge in [-0.1, -0.05) is 30.3 Å². The third kappa shape index (κ3) is 5.83. The van der Waals surface area contributed by atoms with Crippen molar-refractivity contribution < 1.29 is 30.0 Å². The molecule has 0 spiro atoms. The summed E-state index contributed by atoms with van der Waals surface area (Å²) in [6.45, 7) is 0.777. The van der Waals surface area contributed by atoms with E-state index in [1.807, 2.05) is 30.3 Å². The molecule has 0 saturated heterocycles. The number of nitrogen functional groups attached to an aromatic ring is 1. The van der Waals surface area contributed by atoms with E-state index in [1.54, 1.807) is 12.5 Å². The van der Waals surface area contributed by atoms with Crippen LogP contribution >= 0.6 is 11.3 Å². The first kappa shape index (κ1) is 24.1. The van der Waals surface area contributed by atoms with Gasteiger partial charge >= 0.3 is 0 Å². The Kier molecular flexibility index (Phi) is 7.93. The molecule has 176 valence electrons. The zero-order valence-corrected chi connectivity index (χ0v) is 18.7. The smallest absolute Gasteiger partial charge is 0.230 e. The molecule has 3 aromatic rings. The van der Waals surface area contributed by atoms with Crippen LogP contribution in [0, 0.1) is 0 Å². The fourth-order valence-corrected chi connectivity index (χ4v) is 3.87. The normalized spacial score (nSPS) is 11.9. The van der Waals surface area contributed by atoms with E-state index in [1.165, 1.54) is 11.3 Å². The average molecular weight is 475 g/mol. The first-order chi connectivity index (χ1) is 15.8. The van der Waals surface area contributed by atoms with Crippen LogP contribution in [0.1, 0.15) is 22.9 Å². The molecular weight excluding hydrogens is 448 g/mol. The first-order valence-electron chi connectivity index (χ1n) is 10.1. The number of aromatic hydroxyl groups is 4. The van der Waals surface area contributed by atoms with Crippen LogP contribution in [-0.2, 0) is 22.4 Å². The van der Waals surface area contributed by atoms with E-state index in [0.29, 0.717) is 23.9 Å². The number of carbonyl (C=O) groups is 1. The molecule has 1 heterocycles.